The lowest BCUT2D eigenvalue weighted by atomic mass is 10.2. The van der Waals surface area contributed by atoms with Gasteiger partial charge in [-0.05, 0) is 29.8 Å². The number of carbonyl (C=O) groups excluding carboxylic acids is 1. The predicted molar refractivity (Wildman–Crippen MR) is 132 cm³/mol. The summed E-state index contributed by atoms with van der Waals surface area (Å²) in [5, 5.41) is 16.8. The zero-order valence-electron chi connectivity index (χ0n) is 18.1. The maximum absolute atomic E-state index is 12.7. The van der Waals surface area contributed by atoms with Gasteiger partial charge in [-0.25, -0.2) is 13.6 Å². The summed E-state index contributed by atoms with van der Waals surface area (Å²) in [5.41, 5.74) is 13.2. The highest BCUT2D eigenvalue weighted by molar-refractivity contribution is 7.89. The maximum Gasteiger partial charge on any atom is 0.244 e. The van der Waals surface area contributed by atoms with Crippen LogP contribution in [0, 0.1) is 0 Å². The van der Waals surface area contributed by atoms with Gasteiger partial charge in [0.2, 0.25) is 15.9 Å². The lowest BCUT2D eigenvalue weighted by molar-refractivity contribution is -0.121. The minimum absolute atomic E-state index is 0.0632. The normalized spacial score (nSPS) is 11.7. The van der Waals surface area contributed by atoms with Crippen molar-refractivity contribution in [3.63, 3.8) is 0 Å². The van der Waals surface area contributed by atoms with Crippen molar-refractivity contribution in [1.82, 2.24) is 10.6 Å². The summed E-state index contributed by atoms with van der Waals surface area (Å²) in [6.45, 7) is 4.36. The SMILES string of the molecule is C=C(NCCS(N)(=O)=O)Nc1ccc(NC(CN=C(N)N)C(=O)NCc2ccccc2)cc1. The van der Waals surface area contributed by atoms with Crippen LogP contribution in [0.25, 0.3) is 0 Å². The molecule has 0 bridgehead atoms. The second-order valence-corrected chi connectivity index (χ2v) is 8.87. The van der Waals surface area contributed by atoms with Crippen LogP contribution < -0.4 is 37.9 Å². The maximum atomic E-state index is 12.7. The van der Waals surface area contributed by atoms with Gasteiger partial charge < -0.3 is 32.7 Å². The zero-order valence-corrected chi connectivity index (χ0v) is 18.9. The van der Waals surface area contributed by atoms with Gasteiger partial charge in [-0.2, -0.15) is 0 Å². The van der Waals surface area contributed by atoms with Gasteiger partial charge in [0.25, 0.3) is 0 Å². The first-order valence-electron chi connectivity index (χ1n) is 10.1. The summed E-state index contributed by atoms with van der Waals surface area (Å²) in [6, 6.07) is 15.9. The van der Waals surface area contributed by atoms with Gasteiger partial charge in [-0.1, -0.05) is 36.9 Å². The number of primary sulfonamides is 1. The number of aliphatic imine (C=N–C) groups is 1. The van der Waals surface area contributed by atoms with E-state index >= 15 is 0 Å². The highest BCUT2D eigenvalue weighted by Gasteiger charge is 2.18. The molecule has 0 saturated heterocycles. The molecule has 0 aliphatic heterocycles. The fourth-order valence-corrected chi connectivity index (χ4v) is 3.10. The molecule has 0 aromatic heterocycles. The molecule has 0 aliphatic carbocycles. The molecule has 0 saturated carbocycles. The summed E-state index contributed by atoms with van der Waals surface area (Å²) in [4.78, 5) is 16.7. The van der Waals surface area contributed by atoms with Gasteiger partial charge in [0.15, 0.2) is 5.96 Å². The molecule has 12 heteroatoms. The molecule has 0 fully saturated rings. The van der Waals surface area contributed by atoms with E-state index < -0.39 is 16.1 Å². The molecule has 1 atom stereocenters. The molecule has 33 heavy (non-hydrogen) atoms. The smallest absolute Gasteiger partial charge is 0.244 e. The number of rotatable bonds is 13. The van der Waals surface area contributed by atoms with Crippen molar-refractivity contribution in [2.45, 2.75) is 12.6 Å². The summed E-state index contributed by atoms with van der Waals surface area (Å²) >= 11 is 0. The van der Waals surface area contributed by atoms with E-state index in [2.05, 4.69) is 32.8 Å². The van der Waals surface area contributed by atoms with Crippen LogP contribution in [0.1, 0.15) is 5.56 Å². The number of nitrogens with one attached hydrogen (secondary N) is 4. The highest BCUT2D eigenvalue weighted by atomic mass is 32.2. The Morgan fingerprint density at radius 1 is 1.00 bits per heavy atom. The molecule has 1 amide bonds. The summed E-state index contributed by atoms with van der Waals surface area (Å²) in [5.74, 6) is -0.144. The van der Waals surface area contributed by atoms with Crippen LogP contribution in [-0.4, -0.2) is 45.2 Å². The number of carbonyl (C=O) groups is 1. The lowest BCUT2D eigenvalue weighted by Gasteiger charge is -2.19. The van der Waals surface area contributed by atoms with Crippen LogP contribution in [0.4, 0.5) is 11.4 Å². The third-order valence-electron chi connectivity index (χ3n) is 4.33. The number of anilines is 2. The summed E-state index contributed by atoms with van der Waals surface area (Å²) in [7, 11) is -3.54. The Hall–Kier alpha value is -3.77. The van der Waals surface area contributed by atoms with Crippen molar-refractivity contribution >= 4 is 33.3 Å². The fraction of sp³-hybridized carbons (Fsp3) is 0.238. The van der Waals surface area contributed by atoms with E-state index in [1.165, 1.54) is 0 Å². The summed E-state index contributed by atoms with van der Waals surface area (Å²) < 4.78 is 21.9. The van der Waals surface area contributed by atoms with Crippen molar-refractivity contribution in [2.75, 3.05) is 29.5 Å². The van der Waals surface area contributed by atoms with E-state index in [-0.39, 0.29) is 30.7 Å². The van der Waals surface area contributed by atoms with Gasteiger partial charge in [0, 0.05) is 24.5 Å². The molecule has 0 spiro atoms. The number of hydrogen-bond acceptors (Lipinski definition) is 7. The molecule has 178 valence electrons. The average Bonchev–Trinajstić information content (AvgIpc) is 2.75. The highest BCUT2D eigenvalue weighted by Crippen LogP contribution is 2.15. The van der Waals surface area contributed by atoms with E-state index in [4.69, 9.17) is 16.6 Å². The molecule has 2 aromatic carbocycles. The predicted octanol–water partition coefficient (Wildman–Crippen LogP) is -0.182. The van der Waals surface area contributed by atoms with Crippen molar-refractivity contribution in [2.24, 2.45) is 21.6 Å². The summed E-state index contributed by atoms with van der Waals surface area (Å²) in [6.07, 6.45) is 0. The lowest BCUT2D eigenvalue weighted by Crippen LogP contribution is -2.42. The first kappa shape index (κ1) is 25.5. The van der Waals surface area contributed by atoms with Crippen LogP contribution in [-0.2, 0) is 21.4 Å². The van der Waals surface area contributed by atoms with E-state index in [9.17, 15) is 13.2 Å². The molecular formula is C21H30N8O3S. The Morgan fingerprint density at radius 3 is 2.24 bits per heavy atom. The van der Waals surface area contributed by atoms with E-state index in [0.717, 1.165) is 5.56 Å². The Labute approximate surface area is 193 Å². The van der Waals surface area contributed by atoms with E-state index in [1.807, 2.05) is 30.3 Å². The molecule has 1 unspecified atom stereocenters. The quantitative estimate of drug-likeness (QED) is 0.154. The van der Waals surface area contributed by atoms with Crippen LogP contribution >= 0.6 is 0 Å². The van der Waals surface area contributed by atoms with Crippen molar-refractivity contribution in [3.05, 3.63) is 72.6 Å². The monoisotopic (exact) mass is 474 g/mol. The Kier molecular flexibility index (Phi) is 9.51. The van der Waals surface area contributed by atoms with Crippen LogP contribution in [0.5, 0.6) is 0 Å². The average molecular weight is 475 g/mol. The van der Waals surface area contributed by atoms with Crippen LogP contribution in [0.15, 0.2) is 72.0 Å². The van der Waals surface area contributed by atoms with Gasteiger partial charge in [-0.3, -0.25) is 9.79 Å². The minimum atomic E-state index is -3.54. The molecule has 0 radical (unpaired) electrons. The van der Waals surface area contributed by atoms with Gasteiger partial charge in [0.1, 0.15) is 6.04 Å². The van der Waals surface area contributed by atoms with Gasteiger partial charge in [0.05, 0.1) is 18.1 Å². The second-order valence-electron chi connectivity index (χ2n) is 7.14. The van der Waals surface area contributed by atoms with Crippen LogP contribution in [0.2, 0.25) is 0 Å². The topological polar surface area (TPSA) is 190 Å². The standard InChI is InChI=1S/C21H30N8O3S/c1-15(25-11-12-33(24,31)32)28-17-7-9-18(10-8-17)29-19(14-27-21(22)23)20(30)26-13-16-5-3-2-4-6-16/h2-10,19,25,28-29H,1,11-14H2,(H,26,30)(H4,22,23,27)(H2,24,31,32). The number of benzene rings is 2. The first-order valence-corrected chi connectivity index (χ1v) is 11.8. The molecular weight excluding hydrogens is 444 g/mol. The fourth-order valence-electron chi connectivity index (χ4n) is 2.71. The molecule has 0 aliphatic rings. The third-order valence-corrected chi connectivity index (χ3v) is 5.10. The van der Waals surface area contributed by atoms with Gasteiger partial charge >= 0.3 is 0 Å². The minimum Gasteiger partial charge on any atom is -0.372 e. The third kappa shape index (κ3) is 10.4. The van der Waals surface area contributed by atoms with E-state index in [1.54, 1.807) is 24.3 Å². The molecule has 2 aromatic rings. The van der Waals surface area contributed by atoms with Crippen molar-refractivity contribution in [3.8, 4) is 0 Å². The Balaban J connectivity index is 1.94. The number of nitrogens with two attached hydrogens (primary N) is 3. The second kappa shape index (κ2) is 12.3. The number of amides is 1. The largest absolute Gasteiger partial charge is 0.372 e. The number of nitrogens with zero attached hydrogens (tertiary/aromatic N) is 1. The zero-order chi connectivity index (χ0) is 24.3. The van der Waals surface area contributed by atoms with Crippen LogP contribution in [0.3, 0.4) is 0 Å². The van der Waals surface area contributed by atoms with Crippen molar-refractivity contribution < 1.29 is 13.2 Å². The Bertz CT molecular complexity index is 1050. The molecule has 10 N–H and O–H groups in total. The first-order chi connectivity index (χ1) is 15.6. The Morgan fingerprint density at radius 2 is 1.64 bits per heavy atom. The molecule has 0 heterocycles. The number of guanidine groups is 1. The van der Waals surface area contributed by atoms with E-state index in [0.29, 0.717) is 23.7 Å². The molecule has 11 nitrogen and oxygen atoms in total. The van der Waals surface area contributed by atoms with Crippen molar-refractivity contribution in [1.29, 1.82) is 0 Å². The number of hydrogen-bond donors (Lipinski definition) is 7. The molecule has 2 rings (SSSR count). The number of sulfonamides is 1. The van der Waals surface area contributed by atoms with Gasteiger partial charge in [-0.15, -0.1) is 0 Å².